The van der Waals surface area contributed by atoms with Crippen LogP contribution in [0.4, 0.5) is 4.39 Å². The molecule has 1 aromatic carbocycles. The van der Waals surface area contributed by atoms with Crippen LogP contribution in [0.25, 0.3) is 0 Å². The number of hydrogen-bond acceptors (Lipinski definition) is 2. The first-order valence-electron chi connectivity index (χ1n) is 6.35. The van der Waals surface area contributed by atoms with E-state index in [1.165, 1.54) is 6.07 Å². The monoisotopic (exact) mass is 315 g/mol. The molecule has 18 heavy (non-hydrogen) atoms. The van der Waals surface area contributed by atoms with E-state index in [2.05, 4.69) is 22.9 Å². The summed E-state index contributed by atoms with van der Waals surface area (Å²) in [5, 5.41) is 0. The average Bonchev–Trinajstić information content (AvgIpc) is 2.35. The van der Waals surface area contributed by atoms with E-state index in [0.717, 1.165) is 31.4 Å². The highest BCUT2D eigenvalue weighted by Crippen LogP contribution is 2.29. The third-order valence-electron chi connectivity index (χ3n) is 3.72. The van der Waals surface area contributed by atoms with Crippen LogP contribution in [0, 0.1) is 5.82 Å². The molecule has 1 heterocycles. The summed E-state index contributed by atoms with van der Waals surface area (Å²) in [5.41, 5.74) is 7.05. The zero-order valence-electron chi connectivity index (χ0n) is 10.6. The van der Waals surface area contributed by atoms with Gasteiger partial charge in [-0.2, -0.15) is 0 Å². The lowest BCUT2D eigenvalue weighted by atomic mass is 9.85. The normalized spacial score (nSPS) is 26.0. The van der Waals surface area contributed by atoms with Crippen molar-refractivity contribution >= 4 is 15.9 Å². The van der Waals surface area contributed by atoms with Crippen LogP contribution in [0.3, 0.4) is 0 Å². The highest BCUT2D eigenvalue weighted by molar-refractivity contribution is 9.10. The van der Waals surface area contributed by atoms with Crippen molar-refractivity contribution < 1.29 is 9.13 Å². The zero-order chi connectivity index (χ0) is 13.2. The molecule has 1 saturated heterocycles. The molecule has 0 aliphatic carbocycles. The second kappa shape index (κ2) is 5.68. The molecule has 2 nitrogen and oxygen atoms in total. The molecule has 1 aromatic rings. The highest BCUT2D eigenvalue weighted by atomic mass is 79.9. The first-order valence-corrected chi connectivity index (χ1v) is 7.14. The molecule has 1 aliphatic heterocycles. The summed E-state index contributed by atoms with van der Waals surface area (Å²) in [4.78, 5) is 0. The molecule has 1 fully saturated rings. The highest BCUT2D eigenvalue weighted by Gasteiger charge is 2.34. The van der Waals surface area contributed by atoms with Gasteiger partial charge in [-0.3, -0.25) is 0 Å². The van der Waals surface area contributed by atoms with Crippen molar-refractivity contribution in [2.45, 2.75) is 44.2 Å². The Balaban J connectivity index is 2.05. The van der Waals surface area contributed by atoms with Crippen LogP contribution in [0.15, 0.2) is 22.7 Å². The number of nitrogens with two attached hydrogens (primary N) is 1. The maximum Gasteiger partial charge on any atom is 0.137 e. The Kier molecular flexibility index (Phi) is 4.41. The van der Waals surface area contributed by atoms with Gasteiger partial charge in [-0.05, 0) is 66.2 Å². The van der Waals surface area contributed by atoms with E-state index in [-0.39, 0.29) is 17.5 Å². The molecule has 2 N–H and O–H groups in total. The third-order valence-corrected chi connectivity index (χ3v) is 4.33. The van der Waals surface area contributed by atoms with Crippen molar-refractivity contribution in [2.75, 3.05) is 6.61 Å². The van der Waals surface area contributed by atoms with Gasteiger partial charge in [0.15, 0.2) is 0 Å². The van der Waals surface area contributed by atoms with E-state index in [1.54, 1.807) is 12.1 Å². The van der Waals surface area contributed by atoms with Crippen LogP contribution < -0.4 is 5.73 Å². The van der Waals surface area contributed by atoms with Crippen LogP contribution in [0.5, 0.6) is 0 Å². The molecule has 2 unspecified atom stereocenters. The van der Waals surface area contributed by atoms with Gasteiger partial charge in [0, 0.05) is 12.6 Å². The van der Waals surface area contributed by atoms with Crippen LogP contribution in [-0.4, -0.2) is 18.2 Å². The third kappa shape index (κ3) is 3.11. The fourth-order valence-corrected chi connectivity index (χ4v) is 2.81. The second-order valence-corrected chi connectivity index (χ2v) is 6.03. The lowest BCUT2D eigenvalue weighted by molar-refractivity contribution is -0.0808. The number of hydrogen-bond donors (Lipinski definition) is 1. The van der Waals surface area contributed by atoms with Gasteiger partial charge in [0.1, 0.15) is 5.82 Å². The number of benzene rings is 1. The molecular weight excluding hydrogens is 297 g/mol. The maximum absolute atomic E-state index is 13.2. The quantitative estimate of drug-likeness (QED) is 0.927. The van der Waals surface area contributed by atoms with Crippen molar-refractivity contribution in [3.05, 3.63) is 34.1 Å². The minimum absolute atomic E-state index is 0.0600. The van der Waals surface area contributed by atoms with Gasteiger partial charge in [-0.1, -0.05) is 6.07 Å². The summed E-state index contributed by atoms with van der Waals surface area (Å²) >= 11 is 3.20. The van der Waals surface area contributed by atoms with Crippen molar-refractivity contribution in [1.82, 2.24) is 0 Å². The molecule has 0 saturated carbocycles. The number of ether oxygens (including phenoxy) is 1. The Hall–Kier alpha value is -0.450. The molecule has 2 rings (SSSR count). The van der Waals surface area contributed by atoms with E-state index >= 15 is 0 Å². The van der Waals surface area contributed by atoms with E-state index < -0.39 is 0 Å². The van der Waals surface area contributed by atoms with Crippen molar-refractivity contribution in [1.29, 1.82) is 0 Å². The van der Waals surface area contributed by atoms with Crippen molar-refractivity contribution in [3.63, 3.8) is 0 Å². The topological polar surface area (TPSA) is 35.2 Å². The molecule has 100 valence electrons. The summed E-state index contributed by atoms with van der Waals surface area (Å²) < 4.78 is 19.5. The fraction of sp³-hybridized carbons (Fsp3) is 0.571. The zero-order valence-corrected chi connectivity index (χ0v) is 12.2. The molecule has 0 aromatic heterocycles. The number of halogens is 2. The van der Waals surface area contributed by atoms with E-state index in [1.807, 2.05) is 0 Å². The van der Waals surface area contributed by atoms with Gasteiger partial charge in [-0.25, -0.2) is 4.39 Å². The Morgan fingerprint density at radius 3 is 2.89 bits per heavy atom. The van der Waals surface area contributed by atoms with Gasteiger partial charge in [0.05, 0.1) is 10.1 Å². The van der Waals surface area contributed by atoms with Gasteiger partial charge >= 0.3 is 0 Å². The summed E-state index contributed by atoms with van der Waals surface area (Å²) in [6.45, 7) is 2.87. The number of rotatable bonds is 3. The summed E-state index contributed by atoms with van der Waals surface area (Å²) in [7, 11) is 0. The fourth-order valence-electron chi connectivity index (χ4n) is 2.38. The average molecular weight is 316 g/mol. The minimum atomic E-state index is -0.251. The summed E-state index contributed by atoms with van der Waals surface area (Å²) in [5.74, 6) is -0.243. The van der Waals surface area contributed by atoms with Crippen LogP contribution in [0.2, 0.25) is 0 Å². The Morgan fingerprint density at radius 1 is 1.50 bits per heavy atom. The van der Waals surface area contributed by atoms with Crippen molar-refractivity contribution in [2.24, 2.45) is 5.73 Å². The van der Waals surface area contributed by atoms with Gasteiger partial charge < -0.3 is 10.5 Å². The molecule has 1 aliphatic rings. The predicted molar refractivity (Wildman–Crippen MR) is 74.0 cm³/mol. The lowest BCUT2D eigenvalue weighted by Gasteiger charge is -2.39. The second-order valence-electron chi connectivity index (χ2n) is 5.18. The molecule has 0 bridgehead atoms. The summed E-state index contributed by atoms with van der Waals surface area (Å²) in [6, 6.07) is 4.99. The first kappa shape index (κ1) is 14.0. The SMILES string of the molecule is CC1(C(N)Cc2ccc(F)c(Br)c2)CCCCO1. The standard InChI is InChI=1S/C14H19BrFNO/c1-14(6-2-3-7-18-14)13(17)9-10-4-5-12(16)11(15)8-10/h4-5,8,13H,2-3,6-7,9,17H2,1H3. The lowest BCUT2D eigenvalue weighted by Crippen LogP contribution is -2.50. The van der Waals surface area contributed by atoms with Crippen LogP contribution in [0.1, 0.15) is 31.7 Å². The smallest absolute Gasteiger partial charge is 0.137 e. The Bertz CT molecular complexity index is 418. The molecule has 2 atom stereocenters. The van der Waals surface area contributed by atoms with Crippen LogP contribution in [-0.2, 0) is 11.2 Å². The van der Waals surface area contributed by atoms with E-state index in [0.29, 0.717) is 10.9 Å². The predicted octanol–water partition coefficient (Wildman–Crippen LogP) is 3.42. The van der Waals surface area contributed by atoms with Gasteiger partial charge in [0.25, 0.3) is 0 Å². The van der Waals surface area contributed by atoms with E-state index in [9.17, 15) is 4.39 Å². The largest absolute Gasteiger partial charge is 0.374 e. The Morgan fingerprint density at radius 2 is 2.28 bits per heavy atom. The van der Waals surface area contributed by atoms with Crippen molar-refractivity contribution in [3.8, 4) is 0 Å². The Labute approximate surface area is 116 Å². The molecular formula is C14H19BrFNO. The molecule has 0 amide bonds. The maximum atomic E-state index is 13.2. The molecule has 0 spiro atoms. The molecule has 0 radical (unpaired) electrons. The molecule has 4 heteroatoms. The van der Waals surface area contributed by atoms with Gasteiger partial charge in [0.2, 0.25) is 0 Å². The first-order chi connectivity index (χ1) is 8.51. The van der Waals surface area contributed by atoms with Gasteiger partial charge in [-0.15, -0.1) is 0 Å². The minimum Gasteiger partial charge on any atom is -0.374 e. The summed E-state index contributed by atoms with van der Waals surface area (Å²) in [6.07, 6.45) is 3.98. The van der Waals surface area contributed by atoms with E-state index in [4.69, 9.17) is 10.5 Å². The van der Waals surface area contributed by atoms with Crippen LogP contribution >= 0.6 is 15.9 Å².